The van der Waals surface area contributed by atoms with Crippen LogP contribution in [-0.4, -0.2) is 46.2 Å². The second-order valence-corrected chi connectivity index (χ2v) is 6.05. The predicted octanol–water partition coefficient (Wildman–Crippen LogP) is 3.61. The summed E-state index contributed by atoms with van der Waals surface area (Å²) in [4.78, 5) is 22.7. The van der Waals surface area contributed by atoms with E-state index in [1.807, 2.05) is 0 Å². The number of aromatic nitrogens is 2. The molecule has 9 heteroatoms. The molecule has 3 aromatic rings. The number of hydrogen-bond donors (Lipinski definition) is 2. The Bertz CT molecular complexity index is 1050. The minimum Gasteiger partial charge on any atom is -0.496 e. The number of rotatable bonds is 6. The third-order valence-electron chi connectivity index (χ3n) is 4.04. The van der Waals surface area contributed by atoms with E-state index in [0.717, 1.165) is 0 Å². The van der Waals surface area contributed by atoms with Crippen molar-refractivity contribution in [3.63, 3.8) is 0 Å². The monoisotopic (exact) mass is 402 g/mol. The van der Waals surface area contributed by atoms with Gasteiger partial charge in [-0.2, -0.15) is 5.10 Å². The molecule has 1 heterocycles. The lowest BCUT2D eigenvalue weighted by atomic mass is 10.1. The van der Waals surface area contributed by atoms with Crippen LogP contribution in [0.25, 0.3) is 16.9 Å². The number of carboxylic acids is 2. The zero-order valence-electron chi connectivity index (χ0n) is 14.8. The summed E-state index contributed by atoms with van der Waals surface area (Å²) in [5, 5.41) is 22.7. The number of carboxylic acid groups (broad SMARTS) is 2. The number of hydrogen-bond acceptors (Lipinski definition) is 5. The summed E-state index contributed by atoms with van der Waals surface area (Å²) in [5.41, 5.74) is 0.918. The summed E-state index contributed by atoms with van der Waals surface area (Å²) < 4.78 is 12.1. The first-order chi connectivity index (χ1) is 13.4. The van der Waals surface area contributed by atoms with Gasteiger partial charge in [-0.25, -0.2) is 14.3 Å². The molecule has 0 aliphatic heterocycles. The first kappa shape index (κ1) is 19.2. The number of methoxy groups -OCH3 is 2. The second-order valence-electron chi connectivity index (χ2n) is 5.64. The minimum absolute atomic E-state index is 0.00390. The van der Waals surface area contributed by atoms with Crippen molar-refractivity contribution in [2.45, 2.75) is 0 Å². The van der Waals surface area contributed by atoms with E-state index in [4.69, 9.17) is 26.2 Å². The molecule has 0 aliphatic carbocycles. The Morgan fingerprint density at radius 2 is 1.64 bits per heavy atom. The highest BCUT2D eigenvalue weighted by molar-refractivity contribution is 6.32. The highest BCUT2D eigenvalue weighted by Gasteiger charge is 2.23. The van der Waals surface area contributed by atoms with Crippen LogP contribution in [0.5, 0.6) is 11.5 Å². The molecule has 2 N–H and O–H groups in total. The van der Waals surface area contributed by atoms with E-state index < -0.39 is 11.9 Å². The number of halogens is 1. The van der Waals surface area contributed by atoms with E-state index in [1.54, 1.807) is 18.2 Å². The highest BCUT2D eigenvalue weighted by Crippen LogP contribution is 2.40. The summed E-state index contributed by atoms with van der Waals surface area (Å²) in [6.45, 7) is 0. The summed E-state index contributed by atoms with van der Waals surface area (Å²) in [6, 6.07) is 10.6. The molecule has 28 heavy (non-hydrogen) atoms. The molecule has 144 valence electrons. The molecular weight excluding hydrogens is 388 g/mol. The molecule has 1 aromatic heterocycles. The van der Waals surface area contributed by atoms with Crippen molar-refractivity contribution < 1.29 is 29.3 Å². The van der Waals surface area contributed by atoms with Crippen molar-refractivity contribution in [3.05, 3.63) is 58.7 Å². The van der Waals surface area contributed by atoms with Crippen molar-refractivity contribution >= 4 is 23.5 Å². The Balaban J connectivity index is 2.31. The summed E-state index contributed by atoms with van der Waals surface area (Å²) >= 11 is 6.27. The fraction of sp³-hybridized carbons (Fsp3) is 0.105. The van der Waals surface area contributed by atoms with Gasteiger partial charge in [-0.1, -0.05) is 17.7 Å². The van der Waals surface area contributed by atoms with Gasteiger partial charge in [0.1, 0.15) is 11.5 Å². The van der Waals surface area contributed by atoms with Crippen molar-refractivity contribution in [1.82, 2.24) is 9.78 Å². The molecule has 0 radical (unpaired) electrons. The number of ether oxygens (including phenoxy) is 2. The number of aromatic carboxylic acids is 2. The van der Waals surface area contributed by atoms with Gasteiger partial charge < -0.3 is 19.7 Å². The topological polar surface area (TPSA) is 111 Å². The molecule has 0 saturated carbocycles. The summed E-state index contributed by atoms with van der Waals surface area (Å²) in [7, 11) is 2.96. The van der Waals surface area contributed by atoms with Crippen LogP contribution in [0.15, 0.2) is 42.5 Å². The van der Waals surface area contributed by atoms with E-state index in [-0.39, 0.29) is 16.3 Å². The van der Waals surface area contributed by atoms with Crippen LogP contribution >= 0.6 is 11.6 Å². The van der Waals surface area contributed by atoms with Crippen LogP contribution in [-0.2, 0) is 0 Å². The standard InChI is InChI=1S/C19H15ClN2O6/c1-27-15-4-3-5-16(28-2)17(15)14-9-12(19(25)26)21-22(14)13-7-6-10(18(23)24)8-11(13)20/h3-9H,1-2H3,(H,23,24)(H,25,26). The van der Waals surface area contributed by atoms with Gasteiger partial charge in [0.2, 0.25) is 0 Å². The molecule has 0 aliphatic rings. The van der Waals surface area contributed by atoms with Crippen molar-refractivity contribution in [1.29, 1.82) is 0 Å². The maximum Gasteiger partial charge on any atom is 0.356 e. The highest BCUT2D eigenvalue weighted by atomic mass is 35.5. The van der Waals surface area contributed by atoms with Gasteiger partial charge in [-0.15, -0.1) is 0 Å². The van der Waals surface area contributed by atoms with Crippen LogP contribution in [0.2, 0.25) is 5.02 Å². The maximum absolute atomic E-state index is 11.5. The molecule has 3 rings (SSSR count). The first-order valence-corrected chi connectivity index (χ1v) is 8.33. The zero-order valence-corrected chi connectivity index (χ0v) is 15.6. The Hall–Kier alpha value is -3.52. The lowest BCUT2D eigenvalue weighted by Crippen LogP contribution is -2.05. The van der Waals surface area contributed by atoms with Crippen LogP contribution < -0.4 is 9.47 Å². The Labute approximate surface area is 164 Å². The molecule has 0 atom stereocenters. The van der Waals surface area contributed by atoms with E-state index in [2.05, 4.69) is 5.10 Å². The van der Waals surface area contributed by atoms with Gasteiger partial charge in [0, 0.05) is 0 Å². The van der Waals surface area contributed by atoms with Gasteiger partial charge in [-0.05, 0) is 36.4 Å². The molecular formula is C19H15ClN2O6. The van der Waals surface area contributed by atoms with E-state index >= 15 is 0 Å². The molecule has 8 nitrogen and oxygen atoms in total. The third-order valence-corrected chi connectivity index (χ3v) is 4.34. The van der Waals surface area contributed by atoms with Gasteiger partial charge in [0.05, 0.1) is 41.8 Å². The fourth-order valence-electron chi connectivity index (χ4n) is 2.76. The van der Waals surface area contributed by atoms with Gasteiger partial charge in [0.25, 0.3) is 0 Å². The van der Waals surface area contributed by atoms with Gasteiger partial charge in [0.15, 0.2) is 5.69 Å². The number of benzene rings is 2. The summed E-state index contributed by atoms with van der Waals surface area (Å²) in [5.74, 6) is -1.48. The van der Waals surface area contributed by atoms with Crippen molar-refractivity contribution in [2.75, 3.05) is 14.2 Å². The number of nitrogens with zero attached hydrogens (tertiary/aromatic N) is 2. The fourth-order valence-corrected chi connectivity index (χ4v) is 3.02. The quantitative estimate of drug-likeness (QED) is 0.647. The first-order valence-electron chi connectivity index (χ1n) is 7.95. The average Bonchev–Trinajstić information content (AvgIpc) is 3.12. The summed E-state index contributed by atoms with van der Waals surface area (Å²) in [6.07, 6.45) is 0. The average molecular weight is 403 g/mol. The lowest BCUT2D eigenvalue weighted by Gasteiger charge is -2.15. The number of carbonyl (C=O) groups is 2. The molecule has 0 fully saturated rings. The Morgan fingerprint density at radius 3 is 2.14 bits per heavy atom. The normalized spacial score (nSPS) is 10.5. The third kappa shape index (κ3) is 3.37. The lowest BCUT2D eigenvalue weighted by molar-refractivity contribution is 0.0682. The largest absolute Gasteiger partial charge is 0.496 e. The van der Waals surface area contributed by atoms with Crippen LogP contribution in [0.4, 0.5) is 0 Å². The molecule has 0 unspecified atom stereocenters. The SMILES string of the molecule is COc1cccc(OC)c1-c1cc(C(=O)O)nn1-c1ccc(C(=O)O)cc1Cl. The molecule has 0 bridgehead atoms. The molecule has 0 amide bonds. The molecule has 2 aromatic carbocycles. The molecule has 0 spiro atoms. The maximum atomic E-state index is 11.5. The van der Waals surface area contributed by atoms with Crippen molar-refractivity contribution in [2.24, 2.45) is 0 Å². The second kappa shape index (κ2) is 7.61. The van der Waals surface area contributed by atoms with Crippen LogP contribution in [0.1, 0.15) is 20.8 Å². The molecule has 0 saturated heterocycles. The Kier molecular flexibility index (Phi) is 5.23. The smallest absolute Gasteiger partial charge is 0.356 e. The van der Waals surface area contributed by atoms with Gasteiger partial charge in [-0.3, -0.25) is 0 Å². The predicted molar refractivity (Wildman–Crippen MR) is 101 cm³/mol. The zero-order chi connectivity index (χ0) is 20.4. The minimum atomic E-state index is -1.23. The van der Waals surface area contributed by atoms with Gasteiger partial charge >= 0.3 is 11.9 Å². The van der Waals surface area contributed by atoms with E-state index in [1.165, 1.54) is 43.2 Å². The van der Waals surface area contributed by atoms with E-state index in [0.29, 0.717) is 28.4 Å². The van der Waals surface area contributed by atoms with E-state index in [9.17, 15) is 14.7 Å². The van der Waals surface area contributed by atoms with Crippen LogP contribution in [0.3, 0.4) is 0 Å². The Morgan fingerprint density at radius 1 is 1.00 bits per heavy atom. The van der Waals surface area contributed by atoms with Crippen molar-refractivity contribution in [3.8, 4) is 28.4 Å². The van der Waals surface area contributed by atoms with Crippen LogP contribution in [0, 0.1) is 0 Å².